The van der Waals surface area contributed by atoms with Crippen LogP contribution in [0.3, 0.4) is 0 Å². The number of aromatic nitrogens is 2. The van der Waals surface area contributed by atoms with Crippen LogP contribution in [0.2, 0.25) is 0 Å². The quantitative estimate of drug-likeness (QED) is 0.906. The van der Waals surface area contributed by atoms with Crippen molar-refractivity contribution in [2.45, 2.75) is 13.1 Å². The van der Waals surface area contributed by atoms with Gasteiger partial charge in [-0.2, -0.15) is 0 Å². The van der Waals surface area contributed by atoms with E-state index in [2.05, 4.69) is 9.88 Å². The van der Waals surface area contributed by atoms with E-state index in [-0.39, 0.29) is 11.2 Å². The molecule has 2 aromatic heterocycles. The number of rotatable bonds is 4. The number of hydrogen-bond donors (Lipinski definition) is 1. The van der Waals surface area contributed by atoms with Gasteiger partial charge in [-0.1, -0.05) is 6.07 Å². The zero-order valence-corrected chi connectivity index (χ0v) is 12.3. The fourth-order valence-corrected chi connectivity index (χ4v) is 2.54. The van der Waals surface area contributed by atoms with Crippen LogP contribution in [0, 0.1) is 0 Å². The molecule has 0 saturated carbocycles. The number of ether oxygens (including phenoxy) is 1. The number of hydrogen-bond acceptors (Lipinski definition) is 5. The van der Waals surface area contributed by atoms with Gasteiger partial charge in [0.05, 0.1) is 31.6 Å². The Labute approximate surface area is 128 Å². The van der Waals surface area contributed by atoms with Gasteiger partial charge in [-0.15, -0.1) is 0 Å². The van der Waals surface area contributed by atoms with Crippen LogP contribution in [0.15, 0.2) is 41.5 Å². The van der Waals surface area contributed by atoms with E-state index in [9.17, 15) is 9.90 Å². The smallest absolute Gasteiger partial charge is 0.223 e. The molecule has 0 radical (unpaired) electrons. The Balaban J connectivity index is 1.86. The lowest BCUT2D eigenvalue weighted by Gasteiger charge is -2.27. The molecule has 0 bridgehead atoms. The second-order valence-corrected chi connectivity index (χ2v) is 5.35. The monoisotopic (exact) mass is 301 g/mol. The molecule has 0 unspecified atom stereocenters. The summed E-state index contributed by atoms with van der Waals surface area (Å²) in [5, 5.41) is 9.72. The molecule has 116 valence electrons. The highest BCUT2D eigenvalue weighted by atomic mass is 16.5. The van der Waals surface area contributed by atoms with Crippen molar-refractivity contribution in [1.82, 2.24) is 14.5 Å². The highest BCUT2D eigenvalue weighted by molar-refractivity contribution is 5.21. The molecule has 1 saturated heterocycles. The maximum Gasteiger partial charge on any atom is 0.223 e. The lowest BCUT2D eigenvalue weighted by Crippen LogP contribution is -2.36. The summed E-state index contributed by atoms with van der Waals surface area (Å²) >= 11 is 0. The standard InChI is InChI=1S/C16H19N3O3/c20-15-9-14(11-18-5-7-22-8-6-18)19(12-16(15)21)10-13-3-1-2-4-17-13/h1-4,9,12,21H,5-8,10-11H2. The van der Waals surface area contributed by atoms with E-state index >= 15 is 0 Å². The van der Waals surface area contributed by atoms with Gasteiger partial charge in [0.25, 0.3) is 0 Å². The summed E-state index contributed by atoms with van der Waals surface area (Å²) in [5.74, 6) is -0.235. The minimum absolute atomic E-state index is 0.235. The molecule has 0 spiro atoms. The summed E-state index contributed by atoms with van der Waals surface area (Å²) in [6, 6.07) is 7.22. The molecular weight excluding hydrogens is 282 g/mol. The normalized spacial score (nSPS) is 15.8. The minimum Gasteiger partial charge on any atom is -0.503 e. The second kappa shape index (κ2) is 6.72. The number of pyridine rings is 2. The molecule has 1 fully saturated rings. The molecule has 1 aliphatic rings. The van der Waals surface area contributed by atoms with Crippen LogP contribution in [-0.2, 0) is 17.8 Å². The van der Waals surface area contributed by atoms with Gasteiger partial charge >= 0.3 is 0 Å². The van der Waals surface area contributed by atoms with Crippen molar-refractivity contribution in [3.63, 3.8) is 0 Å². The molecule has 2 aromatic rings. The van der Waals surface area contributed by atoms with Crippen molar-refractivity contribution < 1.29 is 9.84 Å². The van der Waals surface area contributed by atoms with E-state index in [4.69, 9.17) is 4.74 Å². The maximum absolute atomic E-state index is 11.8. The summed E-state index contributed by atoms with van der Waals surface area (Å²) in [6.07, 6.45) is 3.23. The molecule has 0 atom stereocenters. The van der Waals surface area contributed by atoms with Crippen LogP contribution in [0.5, 0.6) is 5.75 Å². The van der Waals surface area contributed by atoms with Crippen LogP contribution in [0.1, 0.15) is 11.4 Å². The predicted octanol–water partition coefficient (Wildman–Crippen LogP) is 0.829. The van der Waals surface area contributed by atoms with Gasteiger partial charge in [0.1, 0.15) is 0 Å². The summed E-state index contributed by atoms with van der Waals surface area (Å²) in [5.41, 5.74) is 1.41. The summed E-state index contributed by atoms with van der Waals surface area (Å²) in [4.78, 5) is 18.3. The molecule has 6 nitrogen and oxygen atoms in total. The Hall–Kier alpha value is -2.18. The fraction of sp³-hybridized carbons (Fsp3) is 0.375. The molecule has 6 heteroatoms. The van der Waals surface area contributed by atoms with Crippen LogP contribution in [0.25, 0.3) is 0 Å². The Kier molecular flexibility index (Phi) is 4.50. The van der Waals surface area contributed by atoms with Gasteiger partial charge < -0.3 is 14.4 Å². The zero-order valence-electron chi connectivity index (χ0n) is 12.3. The first-order valence-corrected chi connectivity index (χ1v) is 7.35. The molecular formula is C16H19N3O3. The Morgan fingerprint density at radius 1 is 1.23 bits per heavy atom. The van der Waals surface area contributed by atoms with Crippen molar-refractivity contribution in [1.29, 1.82) is 0 Å². The highest BCUT2D eigenvalue weighted by Gasteiger charge is 2.14. The third kappa shape index (κ3) is 3.52. The van der Waals surface area contributed by atoms with Gasteiger partial charge in [-0.05, 0) is 12.1 Å². The third-order valence-corrected chi connectivity index (χ3v) is 3.74. The van der Waals surface area contributed by atoms with Crippen molar-refractivity contribution in [3.8, 4) is 5.75 Å². The molecule has 3 rings (SSSR count). The molecule has 0 amide bonds. The molecule has 0 aromatic carbocycles. The first-order chi connectivity index (χ1) is 10.7. The van der Waals surface area contributed by atoms with Crippen molar-refractivity contribution >= 4 is 0 Å². The Bertz CT molecular complexity index is 679. The van der Waals surface area contributed by atoms with Crippen LogP contribution >= 0.6 is 0 Å². The van der Waals surface area contributed by atoms with E-state index in [1.54, 1.807) is 6.20 Å². The summed E-state index contributed by atoms with van der Waals surface area (Å²) < 4.78 is 7.23. The van der Waals surface area contributed by atoms with Gasteiger partial charge in [-0.3, -0.25) is 14.7 Å². The lowest BCUT2D eigenvalue weighted by atomic mass is 10.2. The predicted molar refractivity (Wildman–Crippen MR) is 81.8 cm³/mol. The zero-order chi connectivity index (χ0) is 15.4. The number of aromatic hydroxyl groups is 1. The summed E-state index contributed by atoms with van der Waals surface area (Å²) in [6.45, 7) is 4.29. The van der Waals surface area contributed by atoms with E-state index in [0.29, 0.717) is 26.3 Å². The van der Waals surface area contributed by atoms with Crippen LogP contribution in [0.4, 0.5) is 0 Å². The van der Waals surface area contributed by atoms with Crippen molar-refractivity contribution in [2.24, 2.45) is 0 Å². The van der Waals surface area contributed by atoms with Crippen molar-refractivity contribution in [2.75, 3.05) is 26.3 Å². The van der Waals surface area contributed by atoms with Gasteiger partial charge in [0.15, 0.2) is 5.75 Å². The molecule has 22 heavy (non-hydrogen) atoms. The van der Waals surface area contributed by atoms with Gasteiger partial charge in [-0.25, -0.2) is 0 Å². The third-order valence-electron chi connectivity index (χ3n) is 3.74. The van der Waals surface area contributed by atoms with Gasteiger partial charge in [0, 0.05) is 37.6 Å². The first kappa shape index (κ1) is 14.7. The molecule has 1 N–H and O–H groups in total. The second-order valence-electron chi connectivity index (χ2n) is 5.35. The topological polar surface area (TPSA) is 67.6 Å². The number of nitrogens with zero attached hydrogens (tertiary/aromatic N) is 3. The minimum atomic E-state index is -0.347. The van der Waals surface area contributed by atoms with E-state index in [1.165, 1.54) is 12.3 Å². The average molecular weight is 301 g/mol. The Morgan fingerprint density at radius 2 is 2.05 bits per heavy atom. The van der Waals surface area contributed by atoms with Crippen LogP contribution < -0.4 is 5.43 Å². The largest absolute Gasteiger partial charge is 0.503 e. The molecule has 0 aliphatic carbocycles. The van der Waals surface area contributed by atoms with E-state index in [0.717, 1.165) is 24.5 Å². The number of morpholine rings is 1. The SMILES string of the molecule is O=c1cc(CN2CCOCC2)n(Cc2ccccn2)cc1O. The summed E-state index contributed by atoms with van der Waals surface area (Å²) in [7, 11) is 0. The van der Waals surface area contributed by atoms with Crippen LogP contribution in [-0.4, -0.2) is 45.9 Å². The van der Waals surface area contributed by atoms with E-state index in [1.807, 2.05) is 22.8 Å². The van der Waals surface area contributed by atoms with Crippen molar-refractivity contribution in [3.05, 3.63) is 58.3 Å². The average Bonchev–Trinajstić information content (AvgIpc) is 2.54. The first-order valence-electron chi connectivity index (χ1n) is 7.35. The molecule has 1 aliphatic heterocycles. The maximum atomic E-state index is 11.8. The molecule has 3 heterocycles. The fourth-order valence-electron chi connectivity index (χ4n) is 2.54. The van der Waals surface area contributed by atoms with E-state index < -0.39 is 0 Å². The lowest BCUT2D eigenvalue weighted by molar-refractivity contribution is 0.0331. The van der Waals surface area contributed by atoms with Gasteiger partial charge in [0.2, 0.25) is 5.43 Å². The highest BCUT2D eigenvalue weighted by Crippen LogP contribution is 2.11. The Morgan fingerprint density at radius 3 is 2.77 bits per heavy atom.